The molecule has 11 nitrogen and oxygen atoms in total. The van der Waals surface area contributed by atoms with E-state index in [0.29, 0.717) is 28.8 Å². The van der Waals surface area contributed by atoms with Gasteiger partial charge < -0.3 is 47.4 Å². The topological polar surface area (TPSA) is 109 Å². The van der Waals surface area contributed by atoms with Crippen molar-refractivity contribution in [1.82, 2.24) is 0 Å². The van der Waals surface area contributed by atoms with Gasteiger partial charge in [-0.15, -0.1) is 0 Å². The first-order valence-electron chi connectivity index (χ1n) is 14.2. The van der Waals surface area contributed by atoms with Crippen LogP contribution < -0.4 is 23.7 Å². The summed E-state index contributed by atoms with van der Waals surface area (Å²) < 4.78 is 72.2. The minimum Gasteiger partial charge on any atom is -0.497 e. The van der Waals surface area contributed by atoms with E-state index in [9.17, 15) is 4.21 Å². The maximum absolute atomic E-state index is 13.3. The van der Waals surface area contributed by atoms with E-state index in [0.717, 1.165) is 11.3 Å². The molecule has 0 radical (unpaired) electrons. The quantitative estimate of drug-likeness (QED) is 0.236. The van der Waals surface area contributed by atoms with E-state index < -0.39 is 46.9 Å². The van der Waals surface area contributed by atoms with E-state index in [1.165, 1.54) is 0 Å². The molecule has 2 fully saturated rings. The second kappa shape index (κ2) is 15.6. The zero-order chi connectivity index (χ0) is 30.9. The van der Waals surface area contributed by atoms with Crippen LogP contribution >= 0.6 is 0 Å². The fraction of sp³-hybridized carbons (Fsp3) is 0.438. The summed E-state index contributed by atoms with van der Waals surface area (Å²) in [6.45, 7) is 1.76. The SMILES string of the molecule is CC[S@@](=O)[C@@H]1O[C@@H]2CO[C@H](c3ccc(OC)cc3)O[C@@H]2[C@H](OCOc2ccc(OC)cc2)[C@H]1OCOc1ccc(OC)cc1. The lowest BCUT2D eigenvalue weighted by Crippen LogP contribution is -2.64. The first kappa shape index (κ1) is 32.0. The summed E-state index contributed by atoms with van der Waals surface area (Å²) in [6, 6.07) is 21.7. The number of methoxy groups -OCH3 is 3. The number of hydrogen-bond donors (Lipinski definition) is 0. The molecular formula is C32H38O11S. The summed E-state index contributed by atoms with van der Waals surface area (Å²) in [4.78, 5) is 0. The van der Waals surface area contributed by atoms with Crippen LogP contribution in [0.4, 0.5) is 0 Å². The van der Waals surface area contributed by atoms with Gasteiger partial charge in [0.2, 0.25) is 0 Å². The van der Waals surface area contributed by atoms with Crippen LogP contribution in [0.3, 0.4) is 0 Å². The fourth-order valence-corrected chi connectivity index (χ4v) is 6.05. The molecule has 238 valence electrons. The summed E-state index contributed by atoms with van der Waals surface area (Å²) in [5, 5.41) is 0. The second-order valence-electron chi connectivity index (χ2n) is 9.89. The maximum atomic E-state index is 13.3. The van der Waals surface area contributed by atoms with Gasteiger partial charge >= 0.3 is 0 Å². The third-order valence-corrected chi connectivity index (χ3v) is 8.77. The fourth-order valence-electron chi connectivity index (χ4n) is 4.92. The molecule has 2 aliphatic rings. The number of rotatable bonds is 14. The predicted octanol–water partition coefficient (Wildman–Crippen LogP) is 4.46. The van der Waals surface area contributed by atoms with Crippen molar-refractivity contribution in [3.05, 3.63) is 78.4 Å². The lowest BCUT2D eigenvalue weighted by molar-refractivity contribution is -0.334. The molecule has 0 aromatic heterocycles. The molecule has 2 saturated heterocycles. The summed E-state index contributed by atoms with van der Waals surface area (Å²) in [5.74, 6) is 3.66. The highest BCUT2D eigenvalue weighted by molar-refractivity contribution is 7.85. The zero-order valence-electron chi connectivity index (χ0n) is 25.1. The lowest BCUT2D eigenvalue weighted by atomic mass is 9.98. The summed E-state index contributed by atoms with van der Waals surface area (Å²) in [6.07, 6.45) is -3.44. The van der Waals surface area contributed by atoms with E-state index in [-0.39, 0.29) is 20.2 Å². The molecule has 5 rings (SSSR count). The Kier molecular flexibility index (Phi) is 11.3. The average Bonchev–Trinajstić information content (AvgIpc) is 3.08. The molecule has 0 spiro atoms. The molecule has 0 bridgehead atoms. The Hall–Kier alpha value is -3.39. The standard InChI is InChI=1S/C32H38O11S/c1-5-44(33)32-30(41-20-39-26-16-12-24(36-4)13-17-26)29(40-19-38-25-14-10-23(35-3)11-15-25)28-27(42-32)18-37-31(43-28)21-6-8-22(34-2)9-7-21/h6-17,27-32H,5,18-20H2,1-4H3/t27-,28+,29+,30-,31+,32+,44-/m1/s1. The highest BCUT2D eigenvalue weighted by Gasteiger charge is 2.53. The smallest absolute Gasteiger partial charge is 0.189 e. The molecule has 0 saturated carbocycles. The minimum atomic E-state index is -1.40. The molecular weight excluding hydrogens is 592 g/mol. The Balaban J connectivity index is 1.36. The summed E-state index contributed by atoms with van der Waals surface area (Å²) >= 11 is 0. The Morgan fingerprint density at radius 2 is 1.16 bits per heavy atom. The number of ether oxygens (including phenoxy) is 10. The summed E-state index contributed by atoms with van der Waals surface area (Å²) in [7, 11) is 3.40. The van der Waals surface area contributed by atoms with Gasteiger partial charge in [0.25, 0.3) is 0 Å². The highest BCUT2D eigenvalue weighted by Crippen LogP contribution is 2.38. The third-order valence-electron chi connectivity index (χ3n) is 7.31. The largest absolute Gasteiger partial charge is 0.497 e. The third kappa shape index (κ3) is 7.81. The van der Waals surface area contributed by atoms with Crippen LogP contribution in [0.1, 0.15) is 18.8 Å². The molecule has 0 N–H and O–H groups in total. The number of hydrogen-bond acceptors (Lipinski definition) is 11. The van der Waals surface area contributed by atoms with Crippen LogP contribution in [0.5, 0.6) is 28.7 Å². The van der Waals surface area contributed by atoms with Gasteiger partial charge in [-0.05, 0) is 60.7 Å². The maximum Gasteiger partial charge on any atom is 0.189 e. The normalized spacial score (nSPS) is 25.4. The highest BCUT2D eigenvalue weighted by atomic mass is 32.2. The molecule has 0 amide bonds. The van der Waals surface area contributed by atoms with Crippen LogP contribution in [0.15, 0.2) is 72.8 Å². The van der Waals surface area contributed by atoms with Crippen molar-refractivity contribution in [3.8, 4) is 28.7 Å². The molecule has 0 aliphatic carbocycles. The summed E-state index contributed by atoms with van der Waals surface area (Å²) in [5.41, 5.74) is -0.0199. The van der Waals surface area contributed by atoms with Gasteiger partial charge in [0, 0.05) is 11.3 Å². The number of fused-ring (bicyclic) bond motifs is 1. The van der Waals surface area contributed by atoms with Gasteiger partial charge in [0.1, 0.15) is 53.2 Å². The van der Waals surface area contributed by atoms with E-state index in [1.807, 2.05) is 31.2 Å². The van der Waals surface area contributed by atoms with Gasteiger partial charge in [-0.3, -0.25) is 4.21 Å². The molecule has 7 atom stereocenters. The predicted molar refractivity (Wildman–Crippen MR) is 161 cm³/mol. The number of benzene rings is 3. The molecule has 3 aromatic rings. The Labute approximate surface area is 259 Å². The Morgan fingerprint density at radius 1 is 0.682 bits per heavy atom. The van der Waals surface area contributed by atoms with Crippen LogP contribution in [0.25, 0.3) is 0 Å². The zero-order valence-corrected chi connectivity index (χ0v) is 25.9. The van der Waals surface area contributed by atoms with Crippen LogP contribution in [-0.4, -0.2) is 81.3 Å². The monoisotopic (exact) mass is 630 g/mol. The molecule has 0 unspecified atom stereocenters. The average molecular weight is 631 g/mol. The molecule has 3 aromatic carbocycles. The Morgan fingerprint density at radius 3 is 1.66 bits per heavy atom. The van der Waals surface area contributed by atoms with Crippen LogP contribution in [-0.2, 0) is 34.5 Å². The van der Waals surface area contributed by atoms with E-state index in [2.05, 4.69) is 0 Å². The van der Waals surface area contributed by atoms with Crippen LogP contribution in [0.2, 0.25) is 0 Å². The van der Waals surface area contributed by atoms with Gasteiger partial charge in [0.15, 0.2) is 25.3 Å². The first-order chi connectivity index (χ1) is 21.5. The van der Waals surface area contributed by atoms with Crippen molar-refractivity contribution in [2.75, 3.05) is 47.3 Å². The molecule has 44 heavy (non-hydrogen) atoms. The van der Waals surface area contributed by atoms with E-state index in [4.69, 9.17) is 47.4 Å². The van der Waals surface area contributed by atoms with E-state index in [1.54, 1.807) is 69.9 Å². The lowest BCUT2D eigenvalue weighted by Gasteiger charge is -2.48. The molecule has 2 heterocycles. The van der Waals surface area contributed by atoms with Gasteiger partial charge in [-0.1, -0.05) is 19.1 Å². The van der Waals surface area contributed by atoms with Crippen molar-refractivity contribution < 1.29 is 51.6 Å². The van der Waals surface area contributed by atoms with Crippen molar-refractivity contribution in [1.29, 1.82) is 0 Å². The molecule has 2 aliphatic heterocycles. The van der Waals surface area contributed by atoms with Gasteiger partial charge in [0.05, 0.1) is 38.7 Å². The van der Waals surface area contributed by atoms with Crippen molar-refractivity contribution >= 4 is 10.8 Å². The van der Waals surface area contributed by atoms with Crippen molar-refractivity contribution in [2.45, 2.75) is 43.1 Å². The van der Waals surface area contributed by atoms with Crippen molar-refractivity contribution in [2.24, 2.45) is 0 Å². The first-order valence-corrected chi connectivity index (χ1v) is 15.6. The van der Waals surface area contributed by atoms with E-state index >= 15 is 0 Å². The van der Waals surface area contributed by atoms with Crippen LogP contribution in [0, 0.1) is 0 Å². The second-order valence-corrected chi connectivity index (χ2v) is 11.7. The van der Waals surface area contributed by atoms with Gasteiger partial charge in [-0.25, -0.2) is 0 Å². The minimum absolute atomic E-state index is 0.123. The Bertz CT molecular complexity index is 1320. The molecule has 12 heteroatoms. The van der Waals surface area contributed by atoms with Gasteiger partial charge in [-0.2, -0.15) is 0 Å². The van der Waals surface area contributed by atoms with Crippen molar-refractivity contribution in [3.63, 3.8) is 0 Å².